The van der Waals surface area contributed by atoms with E-state index in [0.717, 1.165) is 23.1 Å². The summed E-state index contributed by atoms with van der Waals surface area (Å²) in [4.78, 5) is 30.0. The minimum absolute atomic E-state index is 0.143. The quantitative estimate of drug-likeness (QED) is 0.572. The summed E-state index contributed by atoms with van der Waals surface area (Å²) in [6.45, 7) is 0.473. The number of rotatable bonds is 8. The molecule has 0 bridgehead atoms. The second-order valence-corrected chi connectivity index (χ2v) is 9.98. The lowest BCUT2D eigenvalue weighted by atomic mass is 9.69. The van der Waals surface area contributed by atoms with Crippen molar-refractivity contribution in [2.24, 2.45) is 5.41 Å². The molecule has 36 heavy (non-hydrogen) atoms. The van der Waals surface area contributed by atoms with E-state index < -0.39 is 11.6 Å². The molecule has 0 radical (unpaired) electrons. The molecule has 0 spiro atoms. The van der Waals surface area contributed by atoms with Gasteiger partial charge in [-0.15, -0.1) is 0 Å². The molecule has 1 saturated heterocycles. The van der Waals surface area contributed by atoms with Gasteiger partial charge >= 0.3 is 0 Å². The molecule has 3 atom stereocenters. The van der Waals surface area contributed by atoms with Crippen LogP contribution in [0.15, 0.2) is 48.5 Å². The van der Waals surface area contributed by atoms with Gasteiger partial charge < -0.3 is 15.0 Å². The summed E-state index contributed by atoms with van der Waals surface area (Å²) < 4.78 is 19.1. The third-order valence-electron chi connectivity index (χ3n) is 7.41. The molecular weight excluding hydrogens is 459 g/mol. The highest BCUT2D eigenvalue weighted by atomic mass is 19.1. The van der Waals surface area contributed by atoms with Crippen molar-refractivity contribution in [2.75, 3.05) is 27.7 Å². The number of carbonyl (C=O) groups is 2. The topological polar surface area (TPSA) is 85.7 Å². The van der Waals surface area contributed by atoms with Crippen molar-refractivity contribution in [3.63, 3.8) is 0 Å². The standard InChI is InChI=1S/C28H33FN4O3/c1-32(2)26(36-3)25(34)31-23-11-14-33(27(35)28(18-30)12-6-13-28)24(23)16-19-7-4-8-20(15-19)21-9-5-10-22(29)17-21/h4-5,7-10,15,17,23-24,26H,6,11-14,16H2,1-3H3,(H,31,34)/t23-,24-,26?/m0/s1. The number of nitriles is 1. The molecule has 8 heteroatoms. The van der Waals surface area contributed by atoms with Crippen LogP contribution in [0.4, 0.5) is 4.39 Å². The number of carbonyl (C=O) groups excluding carboxylic acids is 2. The fourth-order valence-corrected chi connectivity index (χ4v) is 5.30. The number of hydrogen-bond acceptors (Lipinski definition) is 5. The van der Waals surface area contributed by atoms with E-state index in [9.17, 15) is 19.2 Å². The molecule has 1 heterocycles. The van der Waals surface area contributed by atoms with Crippen LogP contribution in [0.1, 0.15) is 31.2 Å². The molecule has 1 saturated carbocycles. The van der Waals surface area contributed by atoms with Gasteiger partial charge in [-0.3, -0.25) is 14.5 Å². The third-order valence-corrected chi connectivity index (χ3v) is 7.41. The lowest BCUT2D eigenvalue weighted by molar-refractivity contribution is -0.145. The summed E-state index contributed by atoms with van der Waals surface area (Å²) in [6.07, 6.45) is 2.36. The maximum atomic E-state index is 13.8. The van der Waals surface area contributed by atoms with Crippen LogP contribution in [-0.4, -0.2) is 67.7 Å². The van der Waals surface area contributed by atoms with Crippen LogP contribution in [0.3, 0.4) is 0 Å². The summed E-state index contributed by atoms with van der Waals surface area (Å²) in [6, 6.07) is 15.9. The summed E-state index contributed by atoms with van der Waals surface area (Å²) in [5.74, 6) is -0.710. The predicted octanol–water partition coefficient (Wildman–Crippen LogP) is 3.35. The van der Waals surface area contributed by atoms with Gasteiger partial charge in [0.2, 0.25) is 5.91 Å². The molecule has 1 aliphatic heterocycles. The molecule has 1 aliphatic carbocycles. The average Bonchev–Trinajstić information content (AvgIpc) is 3.20. The Morgan fingerprint density at radius 1 is 1.22 bits per heavy atom. The number of amides is 2. The summed E-state index contributed by atoms with van der Waals surface area (Å²) in [7, 11) is 5.01. The Hall–Kier alpha value is -3.28. The van der Waals surface area contributed by atoms with Gasteiger partial charge in [-0.2, -0.15) is 5.26 Å². The Balaban J connectivity index is 1.61. The molecule has 1 N–H and O–H groups in total. The van der Waals surface area contributed by atoms with Gasteiger partial charge in [-0.25, -0.2) is 4.39 Å². The summed E-state index contributed by atoms with van der Waals surface area (Å²) >= 11 is 0. The van der Waals surface area contributed by atoms with E-state index in [1.807, 2.05) is 30.3 Å². The number of nitrogens with one attached hydrogen (secondary N) is 1. The van der Waals surface area contributed by atoms with E-state index in [-0.39, 0.29) is 29.7 Å². The normalized spacial score (nSPS) is 21.5. The zero-order valence-corrected chi connectivity index (χ0v) is 21.0. The highest BCUT2D eigenvalue weighted by molar-refractivity contribution is 5.87. The molecule has 2 aliphatic rings. The van der Waals surface area contributed by atoms with Crippen LogP contribution < -0.4 is 5.32 Å². The maximum Gasteiger partial charge on any atom is 0.264 e. The van der Waals surface area contributed by atoms with Crippen LogP contribution in [0.2, 0.25) is 0 Å². The zero-order chi connectivity index (χ0) is 25.9. The summed E-state index contributed by atoms with van der Waals surface area (Å²) in [5.41, 5.74) is 1.66. The smallest absolute Gasteiger partial charge is 0.264 e. The van der Waals surface area contributed by atoms with E-state index >= 15 is 0 Å². The minimum atomic E-state index is -0.959. The molecule has 4 rings (SSSR count). The molecule has 2 aromatic rings. The van der Waals surface area contributed by atoms with Crippen molar-refractivity contribution >= 4 is 11.8 Å². The fraction of sp³-hybridized carbons (Fsp3) is 0.464. The first-order valence-corrected chi connectivity index (χ1v) is 12.3. The van der Waals surface area contributed by atoms with E-state index in [2.05, 4.69) is 11.4 Å². The largest absolute Gasteiger partial charge is 0.357 e. The average molecular weight is 493 g/mol. The van der Waals surface area contributed by atoms with E-state index in [0.29, 0.717) is 32.2 Å². The van der Waals surface area contributed by atoms with E-state index in [4.69, 9.17) is 4.74 Å². The Labute approximate surface area is 211 Å². The molecular formula is C28H33FN4O3. The minimum Gasteiger partial charge on any atom is -0.357 e. The van der Waals surface area contributed by atoms with Crippen LogP contribution in [0.5, 0.6) is 0 Å². The van der Waals surface area contributed by atoms with E-state index in [1.165, 1.54) is 19.2 Å². The zero-order valence-electron chi connectivity index (χ0n) is 21.0. The fourth-order valence-electron chi connectivity index (χ4n) is 5.30. The van der Waals surface area contributed by atoms with Gasteiger partial charge in [-0.1, -0.05) is 36.4 Å². The number of likely N-dealkylation sites (tertiary alicyclic amines) is 1. The Bertz CT molecular complexity index is 1160. The third kappa shape index (κ3) is 5.13. The van der Waals surface area contributed by atoms with Gasteiger partial charge in [0.05, 0.1) is 18.2 Å². The van der Waals surface area contributed by atoms with Crippen molar-refractivity contribution in [3.05, 3.63) is 59.9 Å². The second kappa shape index (κ2) is 10.8. The molecule has 2 fully saturated rings. The number of ether oxygens (including phenoxy) is 1. The predicted molar refractivity (Wildman–Crippen MR) is 134 cm³/mol. The van der Waals surface area contributed by atoms with Gasteiger partial charge in [-0.05, 0) is 75.0 Å². The van der Waals surface area contributed by atoms with Gasteiger partial charge in [0.15, 0.2) is 6.23 Å². The van der Waals surface area contributed by atoms with Crippen molar-refractivity contribution in [1.82, 2.24) is 15.1 Å². The lowest BCUT2D eigenvalue weighted by Gasteiger charge is -2.39. The van der Waals surface area contributed by atoms with Gasteiger partial charge in [0.1, 0.15) is 11.2 Å². The number of hydrogen-bond donors (Lipinski definition) is 1. The second-order valence-electron chi connectivity index (χ2n) is 9.98. The molecule has 0 aromatic heterocycles. The summed E-state index contributed by atoms with van der Waals surface area (Å²) in [5, 5.41) is 12.9. The Morgan fingerprint density at radius 3 is 2.50 bits per heavy atom. The van der Waals surface area contributed by atoms with Crippen molar-refractivity contribution in [3.8, 4) is 17.2 Å². The lowest BCUT2D eigenvalue weighted by Crippen LogP contribution is -2.55. The molecule has 2 amide bonds. The SMILES string of the molecule is COC(C(=O)N[C@H]1CCN(C(=O)C2(C#N)CCC2)[C@H]1Cc1cccc(-c2cccc(F)c2)c1)N(C)C. The highest BCUT2D eigenvalue weighted by Gasteiger charge is 2.51. The van der Waals surface area contributed by atoms with Gasteiger partial charge in [0.25, 0.3) is 5.91 Å². The number of methoxy groups -OCH3 is 1. The Kier molecular flexibility index (Phi) is 7.72. The van der Waals surface area contributed by atoms with Crippen molar-refractivity contribution in [2.45, 2.75) is 50.4 Å². The van der Waals surface area contributed by atoms with Crippen LogP contribution >= 0.6 is 0 Å². The molecule has 7 nitrogen and oxygen atoms in total. The highest BCUT2D eigenvalue weighted by Crippen LogP contribution is 2.43. The first kappa shape index (κ1) is 25.8. The maximum absolute atomic E-state index is 13.8. The molecule has 190 valence electrons. The molecule has 1 unspecified atom stereocenters. The Morgan fingerprint density at radius 2 is 1.92 bits per heavy atom. The molecule has 2 aromatic carbocycles. The number of likely N-dealkylation sites (N-methyl/N-ethyl adjacent to an activating group) is 1. The van der Waals surface area contributed by atoms with Crippen LogP contribution in [-0.2, 0) is 20.7 Å². The first-order chi connectivity index (χ1) is 17.3. The number of halogens is 1. The van der Waals surface area contributed by atoms with E-state index in [1.54, 1.807) is 30.0 Å². The van der Waals surface area contributed by atoms with Gasteiger partial charge in [0, 0.05) is 13.7 Å². The van der Waals surface area contributed by atoms with Crippen LogP contribution in [0, 0.1) is 22.6 Å². The van der Waals surface area contributed by atoms with Crippen molar-refractivity contribution < 1.29 is 18.7 Å². The monoisotopic (exact) mass is 492 g/mol. The van der Waals surface area contributed by atoms with Crippen LogP contribution in [0.25, 0.3) is 11.1 Å². The first-order valence-electron chi connectivity index (χ1n) is 12.3. The number of benzene rings is 2. The number of nitrogens with zero attached hydrogens (tertiary/aromatic N) is 3. The van der Waals surface area contributed by atoms with Crippen molar-refractivity contribution in [1.29, 1.82) is 5.26 Å².